The van der Waals surface area contributed by atoms with Crippen molar-refractivity contribution in [2.24, 2.45) is 7.05 Å². The molecule has 1 atom stereocenters. The van der Waals surface area contributed by atoms with Gasteiger partial charge in [-0.1, -0.05) is 18.2 Å². The third-order valence-electron chi connectivity index (χ3n) is 6.94. The summed E-state index contributed by atoms with van der Waals surface area (Å²) in [5.41, 5.74) is 1.92. The average molecular weight is 528 g/mol. The Bertz CT molecular complexity index is 1390. The highest BCUT2D eigenvalue weighted by Gasteiger charge is 2.29. The summed E-state index contributed by atoms with van der Waals surface area (Å²) in [5, 5.41) is 12.7. The Labute approximate surface area is 221 Å². The fraction of sp³-hybridized carbons (Fsp3) is 0.500. The first kappa shape index (κ1) is 27.5. The molecule has 3 aromatic rings. The number of ether oxygens (including phenoxy) is 1. The molecule has 1 aliphatic heterocycles. The van der Waals surface area contributed by atoms with E-state index in [4.69, 9.17) is 4.74 Å². The number of piperidine rings is 1. The summed E-state index contributed by atoms with van der Waals surface area (Å²) in [6.07, 6.45) is -1.63. The number of halogens is 2. The maximum atomic E-state index is 13.4. The van der Waals surface area contributed by atoms with Crippen molar-refractivity contribution in [1.82, 2.24) is 19.7 Å². The number of fused-ring (bicyclic) bond motifs is 1. The maximum Gasteiger partial charge on any atom is 0.410 e. The molecular formula is C28H35F2N5O3. The summed E-state index contributed by atoms with van der Waals surface area (Å²) in [6, 6.07) is 7.82. The quantitative estimate of drug-likeness (QED) is 0.447. The van der Waals surface area contributed by atoms with Gasteiger partial charge in [0.2, 0.25) is 0 Å². The lowest BCUT2D eigenvalue weighted by atomic mass is 9.89. The predicted molar refractivity (Wildman–Crippen MR) is 143 cm³/mol. The van der Waals surface area contributed by atoms with E-state index in [-0.39, 0.29) is 29.2 Å². The molecular weight excluding hydrogens is 492 g/mol. The molecule has 0 saturated carbocycles. The van der Waals surface area contributed by atoms with E-state index in [9.17, 15) is 18.4 Å². The number of benzene rings is 1. The van der Waals surface area contributed by atoms with Crippen molar-refractivity contribution in [3.63, 3.8) is 0 Å². The molecule has 1 aliphatic rings. The number of hydrogen-bond donors (Lipinski definition) is 1. The van der Waals surface area contributed by atoms with Crippen LogP contribution in [0.5, 0.6) is 0 Å². The largest absolute Gasteiger partial charge is 0.444 e. The Morgan fingerprint density at radius 2 is 1.79 bits per heavy atom. The second kappa shape index (κ2) is 10.7. The van der Waals surface area contributed by atoms with Gasteiger partial charge in [0.1, 0.15) is 5.60 Å². The third kappa shape index (κ3) is 5.79. The summed E-state index contributed by atoms with van der Waals surface area (Å²) >= 11 is 0. The Balaban J connectivity index is 1.64. The van der Waals surface area contributed by atoms with Crippen molar-refractivity contribution in [2.45, 2.75) is 71.4 Å². The van der Waals surface area contributed by atoms with Gasteiger partial charge in [-0.3, -0.25) is 4.79 Å². The van der Waals surface area contributed by atoms with Gasteiger partial charge in [-0.15, -0.1) is 5.10 Å². The molecule has 1 N–H and O–H groups in total. The van der Waals surface area contributed by atoms with Gasteiger partial charge in [0, 0.05) is 36.7 Å². The van der Waals surface area contributed by atoms with Crippen molar-refractivity contribution in [2.75, 3.05) is 18.4 Å². The number of carbonyl (C=O) groups excluding carboxylic acids is 1. The van der Waals surface area contributed by atoms with E-state index in [2.05, 4.69) is 15.5 Å². The van der Waals surface area contributed by atoms with Gasteiger partial charge < -0.3 is 19.5 Å². The zero-order chi connectivity index (χ0) is 27.8. The number of anilines is 1. The first-order valence-electron chi connectivity index (χ1n) is 12.8. The highest BCUT2D eigenvalue weighted by Crippen LogP contribution is 2.32. The number of amides is 1. The van der Waals surface area contributed by atoms with Gasteiger partial charge in [-0.25, -0.2) is 13.6 Å². The fourth-order valence-corrected chi connectivity index (χ4v) is 4.96. The van der Waals surface area contributed by atoms with E-state index < -0.39 is 12.0 Å². The van der Waals surface area contributed by atoms with Crippen LogP contribution in [-0.2, 0) is 11.8 Å². The molecule has 204 valence electrons. The smallest absolute Gasteiger partial charge is 0.410 e. The van der Waals surface area contributed by atoms with Crippen molar-refractivity contribution in [3.8, 4) is 0 Å². The number of alkyl halides is 2. The van der Waals surface area contributed by atoms with Gasteiger partial charge in [0.05, 0.1) is 17.3 Å². The fourth-order valence-electron chi connectivity index (χ4n) is 4.96. The normalized spacial score (nSPS) is 15.7. The van der Waals surface area contributed by atoms with Crippen molar-refractivity contribution in [1.29, 1.82) is 0 Å². The first-order chi connectivity index (χ1) is 17.9. The van der Waals surface area contributed by atoms with Crippen molar-refractivity contribution >= 4 is 22.8 Å². The minimum Gasteiger partial charge on any atom is -0.444 e. The lowest BCUT2D eigenvalue weighted by Gasteiger charge is -2.33. The highest BCUT2D eigenvalue weighted by molar-refractivity contribution is 5.91. The van der Waals surface area contributed by atoms with Crippen LogP contribution in [0, 0.1) is 6.92 Å². The predicted octanol–water partition coefficient (Wildman–Crippen LogP) is 5.86. The molecule has 0 aliphatic carbocycles. The third-order valence-corrected chi connectivity index (χ3v) is 6.94. The number of pyridine rings is 1. The average Bonchev–Trinajstić information content (AvgIpc) is 2.86. The number of aryl methyl sites for hydroxylation is 2. The Morgan fingerprint density at radius 3 is 2.42 bits per heavy atom. The molecule has 1 amide bonds. The Kier molecular flexibility index (Phi) is 7.71. The molecule has 3 heterocycles. The van der Waals surface area contributed by atoms with Crippen molar-refractivity contribution < 1.29 is 18.3 Å². The van der Waals surface area contributed by atoms with Crippen LogP contribution in [0.1, 0.15) is 81.3 Å². The summed E-state index contributed by atoms with van der Waals surface area (Å²) in [5.74, 6) is 0.446. The number of aromatic nitrogens is 3. The highest BCUT2D eigenvalue weighted by atomic mass is 19.3. The van der Waals surface area contributed by atoms with Gasteiger partial charge in [0.25, 0.3) is 12.0 Å². The van der Waals surface area contributed by atoms with Crippen LogP contribution in [-0.4, -0.2) is 44.4 Å². The molecule has 0 radical (unpaired) electrons. The van der Waals surface area contributed by atoms with Crippen LogP contribution < -0.4 is 10.9 Å². The molecule has 2 aromatic heterocycles. The molecule has 1 fully saturated rings. The van der Waals surface area contributed by atoms with Gasteiger partial charge >= 0.3 is 6.09 Å². The van der Waals surface area contributed by atoms with Crippen LogP contribution in [0.15, 0.2) is 35.1 Å². The first-order valence-corrected chi connectivity index (χ1v) is 12.8. The summed E-state index contributed by atoms with van der Waals surface area (Å²) in [4.78, 5) is 27.6. The number of nitrogens with one attached hydrogen (secondary N) is 1. The monoisotopic (exact) mass is 527 g/mol. The molecule has 10 heteroatoms. The summed E-state index contributed by atoms with van der Waals surface area (Å²) in [7, 11) is 1.72. The molecule has 8 nitrogen and oxygen atoms in total. The minimum atomic E-state index is -2.55. The standard InChI is InChI=1S/C28H35F2N5O3/c1-16(19-8-7-9-20(14-19)24(29)30)31-25-22-15-21(26(36)34(6)23(22)17(2)32-33-25)18-10-12-35(13-11-18)27(37)38-28(3,4)5/h7-9,14-16,18,24H,10-13H2,1-6H3,(H,31,33)/t16-/m1/s1. The number of carbonyl (C=O) groups is 1. The van der Waals surface area contributed by atoms with E-state index >= 15 is 0 Å². The molecule has 0 bridgehead atoms. The molecule has 1 saturated heterocycles. The zero-order valence-corrected chi connectivity index (χ0v) is 22.7. The van der Waals surface area contributed by atoms with E-state index in [1.165, 1.54) is 12.1 Å². The van der Waals surface area contributed by atoms with Crippen LogP contribution in [0.2, 0.25) is 0 Å². The minimum absolute atomic E-state index is 0.0294. The Morgan fingerprint density at radius 1 is 1.13 bits per heavy atom. The number of nitrogens with zero attached hydrogens (tertiary/aromatic N) is 4. The second-order valence-electron chi connectivity index (χ2n) is 10.9. The second-order valence-corrected chi connectivity index (χ2v) is 10.9. The zero-order valence-electron chi connectivity index (χ0n) is 22.7. The Hall–Kier alpha value is -3.56. The van der Waals surface area contributed by atoms with E-state index in [0.29, 0.717) is 54.1 Å². The molecule has 4 rings (SSSR count). The number of hydrogen-bond acceptors (Lipinski definition) is 6. The van der Waals surface area contributed by atoms with Gasteiger partial charge in [-0.2, -0.15) is 5.10 Å². The van der Waals surface area contributed by atoms with Crippen molar-refractivity contribution in [3.05, 3.63) is 63.1 Å². The molecule has 1 aromatic carbocycles. The van der Waals surface area contributed by atoms with E-state index in [0.717, 1.165) is 5.39 Å². The van der Waals surface area contributed by atoms with E-state index in [1.54, 1.807) is 35.6 Å². The maximum absolute atomic E-state index is 13.4. The number of rotatable bonds is 5. The summed E-state index contributed by atoms with van der Waals surface area (Å²) in [6.45, 7) is 10.2. The topological polar surface area (TPSA) is 89.4 Å². The molecule has 0 spiro atoms. The van der Waals surface area contributed by atoms with Crippen LogP contribution in [0.3, 0.4) is 0 Å². The van der Waals surface area contributed by atoms with Gasteiger partial charge in [0.15, 0.2) is 5.82 Å². The van der Waals surface area contributed by atoms with Crippen LogP contribution in [0.4, 0.5) is 19.4 Å². The molecule has 0 unspecified atom stereocenters. The van der Waals surface area contributed by atoms with Crippen LogP contribution in [0.25, 0.3) is 10.9 Å². The van der Waals surface area contributed by atoms with Gasteiger partial charge in [-0.05, 0) is 71.1 Å². The lowest BCUT2D eigenvalue weighted by molar-refractivity contribution is 0.0204. The molecule has 38 heavy (non-hydrogen) atoms. The SMILES string of the molecule is Cc1nnc(N[C@H](C)c2cccc(C(F)F)c2)c2cc(C3CCN(C(=O)OC(C)(C)C)CC3)c(=O)n(C)c12. The van der Waals surface area contributed by atoms with E-state index in [1.807, 2.05) is 33.8 Å². The number of likely N-dealkylation sites (tertiary alicyclic amines) is 1. The summed E-state index contributed by atoms with van der Waals surface area (Å²) < 4.78 is 33.6. The lowest BCUT2D eigenvalue weighted by Crippen LogP contribution is -2.42. The van der Waals surface area contributed by atoms with Crippen LogP contribution >= 0.6 is 0 Å².